The van der Waals surface area contributed by atoms with Gasteiger partial charge in [-0.1, -0.05) is 11.3 Å². The van der Waals surface area contributed by atoms with E-state index in [1.165, 1.54) is 16.2 Å². The number of amides is 1. The molecule has 1 heterocycles. The number of carbonyl (C=O) groups is 2. The Kier molecular flexibility index (Phi) is 5.75. The molecule has 0 aromatic carbocycles. The monoisotopic (exact) mass is 412 g/mol. The fraction of sp³-hybridized carbons (Fsp3) is 0.583. The molecule has 0 atom stereocenters. The maximum atomic E-state index is 11.9. The van der Waals surface area contributed by atoms with Crippen LogP contribution in [0.25, 0.3) is 0 Å². The fourth-order valence-electron chi connectivity index (χ4n) is 1.17. The second-order valence-corrected chi connectivity index (χ2v) is 7.67. The lowest BCUT2D eigenvalue weighted by molar-refractivity contribution is 0.0516. The molecule has 6 nitrogen and oxygen atoms in total. The first kappa shape index (κ1) is 17.2. The molecule has 8 heteroatoms. The van der Waals surface area contributed by atoms with Crippen molar-refractivity contribution in [2.45, 2.75) is 33.3 Å². The Morgan fingerprint density at radius 1 is 1.40 bits per heavy atom. The number of aromatic nitrogens is 1. The number of hydrogen-bond donors (Lipinski definition) is 0. The lowest BCUT2D eigenvalue weighted by atomic mass is 10.2. The van der Waals surface area contributed by atoms with Crippen molar-refractivity contribution < 1.29 is 19.1 Å². The van der Waals surface area contributed by atoms with Crippen LogP contribution in [0, 0.1) is 2.88 Å². The summed E-state index contributed by atoms with van der Waals surface area (Å²) in [6.07, 6.45) is -0.516. The Morgan fingerprint density at radius 3 is 2.50 bits per heavy atom. The van der Waals surface area contributed by atoms with Gasteiger partial charge < -0.3 is 9.47 Å². The van der Waals surface area contributed by atoms with Gasteiger partial charge in [0, 0.05) is 7.05 Å². The number of esters is 1. The molecule has 0 radical (unpaired) electrons. The van der Waals surface area contributed by atoms with E-state index in [0.717, 1.165) is 0 Å². The summed E-state index contributed by atoms with van der Waals surface area (Å²) in [5.74, 6) is -0.489. The highest BCUT2D eigenvalue weighted by atomic mass is 127. The molecule has 0 fully saturated rings. The maximum absolute atomic E-state index is 11.9. The molecule has 0 saturated heterocycles. The van der Waals surface area contributed by atoms with Crippen molar-refractivity contribution in [2.24, 2.45) is 0 Å². The number of rotatable bonds is 3. The first-order valence-corrected chi connectivity index (χ1v) is 7.85. The van der Waals surface area contributed by atoms with Gasteiger partial charge in [0.05, 0.1) is 6.61 Å². The lowest BCUT2D eigenvalue weighted by Gasteiger charge is -2.23. The molecule has 1 aromatic heterocycles. The molecule has 20 heavy (non-hydrogen) atoms. The van der Waals surface area contributed by atoms with Gasteiger partial charge in [-0.2, -0.15) is 0 Å². The van der Waals surface area contributed by atoms with E-state index < -0.39 is 17.7 Å². The van der Waals surface area contributed by atoms with E-state index >= 15 is 0 Å². The summed E-state index contributed by atoms with van der Waals surface area (Å²) in [4.78, 5) is 29.0. The van der Waals surface area contributed by atoms with E-state index in [1.807, 2.05) is 22.6 Å². The zero-order chi connectivity index (χ0) is 15.5. The van der Waals surface area contributed by atoms with E-state index in [4.69, 9.17) is 9.47 Å². The van der Waals surface area contributed by atoms with E-state index in [2.05, 4.69) is 4.98 Å². The minimum Gasteiger partial charge on any atom is -0.461 e. The van der Waals surface area contributed by atoms with Crippen molar-refractivity contribution in [3.8, 4) is 0 Å². The highest BCUT2D eigenvalue weighted by Gasteiger charge is 2.25. The normalized spacial score (nSPS) is 11.1. The summed E-state index contributed by atoms with van der Waals surface area (Å²) in [6, 6.07) is 0. The van der Waals surface area contributed by atoms with Crippen LogP contribution in [-0.2, 0) is 9.47 Å². The van der Waals surface area contributed by atoms with Crippen molar-refractivity contribution in [3.63, 3.8) is 0 Å². The van der Waals surface area contributed by atoms with Crippen LogP contribution in [0.5, 0.6) is 0 Å². The number of nitrogens with zero attached hydrogens (tertiary/aromatic N) is 2. The third-order valence-electron chi connectivity index (χ3n) is 2.00. The Hall–Kier alpha value is -0.900. The topological polar surface area (TPSA) is 68.7 Å². The molecule has 0 saturated carbocycles. The van der Waals surface area contributed by atoms with Crippen LogP contribution < -0.4 is 4.90 Å². The van der Waals surface area contributed by atoms with Gasteiger partial charge in [-0.05, 0) is 50.3 Å². The molecule has 0 spiro atoms. The van der Waals surface area contributed by atoms with Gasteiger partial charge >= 0.3 is 12.1 Å². The summed E-state index contributed by atoms with van der Waals surface area (Å²) in [5, 5.41) is 0.395. The minimum absolute atomic E-state index is 0.225. The summed E-state index contributed by atoms with van der Waals surface area (Å²) >= 11 is 3.23. The van der Waals surface area contributed by atoms with Gasteiger partial charge in [-0.3, -0.25) is 4.90 Å². The quantitative estimate of drug-likeness (QED) is 0.563. The predicted octanol–water partition coefficient (Wildman–Crippen LogP) is 3.30. The molecule has 0 aliphatic heterocycles. The number of halogens is 1. The number of thiazole rings is 1. The number of carbonyl (C=O) groups excluding carboxylic acids is 2. The Labute approximate surface area is 135 Å². The zero-order valence-electron chi connectivity index (χ0n) is 12.0. The largest absolute Gasteiger partial charge is 0.461 e. The third kappa shape index (κ3) is 4.58. The molecule has 1 rings (SSSR count). The smallest absolute Gasteiger partial charge is 0.416 e. The van der Waals surface area contributed by atoms with Crippen molar-refractivity contribution in [2.75, 3.05) is 18.6 Å². The average molecular weight is 412 g/mol. The minimum atomic E-state index is -0.584. The molecule has 0 aliphatic rings. The van der Waals surface area contributed by atoms with Gasteiger partial charge in [0.2, 0.25) is 0 Å². The first-order valence-electron chi connectivity index (χ1n) is 5.96. The van der Waals surface area contributed by atoms with Crippen LogP contribution in [-0.4, -0.2) is 36.3 Å². The maximum Gasteiger partial charge on any atom is 0.416 e. The van der Waals surface area contributed by atoms with Crippen LogP contribution in [0.2, 0.25) is 0 Å². The van der Waals surface area contributed by atoms with Crippen molar-refractivity contribution in [3.05, 3.63) is 8.58 Å². The van der Waals surface area contributed by atoms with Gasteiger partial charge in [-0.25, -0.2) is 14.6 Å². The Bertz CT molecular complexity index is 510. The number of ether oxygens (including phenoxy) is 2. The summed E-state index contributed by atoms with van der Waals surface area (Å²) in [7, 11) is 1.55. The first-order chi connectivity index (χ1) is 9.15. The van der Waals surface area contributed by atoms with E-state index in [9.17, 15) is 9.59 Å². The van der Waals surface area contributed by atoms with Crippen molar-refractivity contribution in [1.82, 2.24) is 4.98 Å². The van der Waals surface area contributed by atoms with E-state index in [-0.39, 0.29) is 12.3 Å². The molecule has 1 aromatic rings. The van der Waals surface area contributed by atoms with Crippen LogP contribution in [0.15, 0.2) is 0 Å². The van der Waals surface area contributed by atoms with Gasteiger partial charge in [0.1, 0.15) is 8.48 Å². The van der Waals surface area contributed by atoms with Crippen LogP contribution >= 0.6 is 33.9 Å². The van der Waals surface area contributed by atoms with Crippen molar-refractivity contribution >= 4 is 51.1 Å². The van der Waals surface area contributed by atoms with Crippen LogP contribution in [0.3, 0.4) is 0 Å². The molecule has 112 valence electrons. The third-order valence-corrected chi connectivity index (χ3v) is 4.09. The van der Waals surface area contributed by atoms with Gasteiger partial charge in [0.25, 0.3) is 0 Å². The number of hydrogen-bond acceptors (Lipinski definition) is 6. The van der Waals surface area contributed by atoms with Gasteiger partial charge in [-0.15, -0.1) is 0 Å². The number of anilines is 1. The predicted molar refractivity (Wildman–Crippen MR) is 85.4 cm³/mol. The molecule has 1 amide bonds. The second-order valence-electron chi connectivity index (χ2n) is 4.88. The SMILES string of the molecule is CCOC(=O)c1nc(N(C)C(=O)OC(C)(C)C)sc1I. The Balaban J connectivity index is 2.90. The second kappa shape index (κ2) is 6.70. The molecule has 0 bridgehead atoms. The van der Waals surface area contributed by atoms with Crippen molar-refractivity contribution in [1.29, 1.82) is 0 Å². The fourth-order valence-corrected chi connectivity index (χ4v) is 2.83. The summed E-state index contributed by atoms with van der Waals surface area (Å²) in [6.45, 7) is 7.37. The van der Waals surface area contributed by atoms with E-state index in [1.54, 1.807) is 34.7 Å². The Morgan fingerprint density at radius 2 is 2.00 bits per heavy atom. The lowest BCUT2D eigenvalue weighted by Crippen LogP contribution is -2.34. The summed E-state index contributed by atoms with van der Waals surface area (Å²) in [5.41, 5.74) is -0.359. The molecular formula is C12H17IN2O4S. The van der Waals surface area contributed by atoms with Crippen LogP contribution in [0.4, 0.5) is 9.93 Å². The molecule has 0 N–H and O–H groups in total. The highest BCUT2D eigenvalue weighted by molar-refractivity contribution is 14.1. The molecule has 0 unspecified atom stereocenters. The highest BCUT2D eigenvalue weighted by Crippen LogP contribution is 2.28. The zero-order valence-corrected chi connectivity index (χ0v) is 15.0. The average Bonchev–Trinajstić information content (AvgIpc) is 2.68. The van der Waals surface area contributed by atoms with Gasteiger partial charge in [0.15, 0.2) is 10.8 Å². The molecule has 0 aliphatic carbocycles. The van der Waals surface area contributed by atoms with E-state index in [0.29, 0.717) is 8.02 Å². The molecular weight excluding hydrogens is 395 g/mol. The van der Waals surface area contributed by atoms with Crippen LogP contribution in [0.1, 0.15) is 38.2 Å². The standard InChI is InChI=1S/C12H17IN2O4S/c1-6-18-9(16)7-8(13)20-10(14-7)15(5)11(17)19-12(2,3)4/h6H2,1-5H3. The summed E-state index contributed by atoms with van der Waals surface area (Å²) < 4.78 is 10.8.